The molecule has 3 aromatic rings. The van der Waals surface area contributed by atoms with Crippen molar-refractivity contribution < 1.29 is 37.0 Å². The third kappa shape index (κ3) is 6.35. The zero-order valence-electron chi connectivity index (χ0n) is 17.5. The first-order chi connectivity index (χ1) is 15.8. The van der Waals surface area contributed by atoms with E-state index in [0.29, 0.717) is 22.8 Å². The van der Waals surface area contributed by atoms with E-state index in [1.165, 1.54) is 37.6 Å². The van der Waals surface area contributed by atoms with Gasteiger partial charge < -0.3 is 29.6 Å². The second kappa shape index (κ2) is 10.7. The van der Waals surface area contributed by atoms with E-state index < -0.39 is 18.1 Å². The molecule has 0 aliphatic heterocycles. The average molecular weight is 466 g/mol. The Bertz CT molecular complexity index is 1050. The van der Waals surface area contributed by atoms with Gasteiger partial charge in [0.05, 0.1) is 20.3 Å². The van der Waals surface area contributed by atoms with Gasteiger partial charge in [-0.2, -0.15) is 13.2 Å². The van der Waals surface area contributed by atoms with Crippen molar-refractivity contribution in [2.24, 2.45) is 0 Å². The summed E-state index contributed by atoms with van der Waals surface area (Å²) in [4.78, 5) is 19.0. The molecule has 0 saturated carbocycles. The molecule has 0 unspecified atom stereocenters. The summed E-state index contributed by atoms with van der Waals surface area (Å²) in [5, 5.41) is 13.6. The molecule has 2 amide bonds. The van der Waals surface area contributed by atoms with E-state index in [4.69, 9.17) is 19.0 Å². The molecule has 0 atom stereocenters. The van der Waals surface area contributed by atoms with Crippen LogP contribution in [0, 0.1) is 0 Å². The monoisotopic (exact) mass is 466 g/mol. The number of carbonyl (C=O) groups excluding carboxylic acids is 1. The van der Waals surface area contributed by atoms with E-state index in [-0.39, 0.29) is 37.8 Å². The average Bonchev–Trinajstić information content (AvgIpc) is 3.27. The standard InChI is InChI=1S/C21H21F3N4O5/c1-31-16-7-4-14(12-27-16)17-18(33-19(28-17)21(22,23)24)13-2-5-15(6-3-13)32-11-9-26-20(30)25-8-10-29/h2-7,12,29H,8-11H2,1H3,(H2,25,26,30). The van der Waals surface area contributed by atoms with Gasteiger partial charge >= 0.3 is 18.1 Å². The van der Waals surface area contributed by atoms with Crippen LogP contribution in [0.15, 0.2) is 47.0 Å². The van der Waals surface area contributed by atoms with Crippen molar-refractivity contribution in [1.29, 1.82) is 0 Å². The third-order valence-electron chi connectivity index (χ3n) is 4.26. The molecule has 33 heavy (non-hydrogen) atoms. The van der Waals surface area contributed by atoms with Gasteiger partial charge in [-0.25, -0.2) is 14.8 Å². The smallest absolute Gasteiger partial charge is 0.468 e. The minimum Gasteiger partial charge on any atom is -0.492 e. The second-order valence-electron chi connectivity index (χ2n) is 6.56. The molecule has 0 radical (unpaired) electrons. The molecule has 0 bridgehead atoms. The molecule has 9 nitrogen and oxygen atoms in total. The summed E-state index contributed by atoms with van der Waals surface area (Å²) in [7, 11) is 1.43. The molecule has 0 saturated heterocycles. The van der Waals surface area contributed by atoms with Gasteiger partial charge in [0.15, 0.2) is 5.76 Å². The molecular formula is C21H21F3N4O5. The molecular weight excluding hydrogens is 445 g/mol. The predicted molar refractivity (Wildman–Crippen MR) is 111 cm³/mol. The number of aromatic nitrogens is 2. The van der Waals surface area contributed by atoms with Crippen molar-refractivity contribution in [2.45, 2.75) is 6.18 Å². The van der Waals surface area contributed by atoms with E-state index in [2.05, 4.69) is 20.6 Å². The van der Waals surface area contributed by atoms with Gasteiger partial charge in [0.25, 0.3) is 0 Å². The molecule has 1 aromatic carbocycles. The maximum atomic E-state index is 13.2. The molecule has 3 N–H and O–H groups in total. The van der Waals surface area contributed by atoms with Gasteiger partial charge in [-0.15, -0.1) is 0 Å². The van der Waals surface area contributed by atoms with Crippen molar-refractivity contribution in [3.8, 4) is 34.2 Å². The number of carbonyl (C=O) groups is 1. The Morgan fingerprint density at radius 3 is 2.39 bits per heavy atom. The Hall–Kier alpha value is -3.80. The number of alkyl halides is 3. The quantitative estimate of drug-likeness (QED) is 0.415. The number of aliphatic hydroxyl groups excluding tert-OH is 1. The number of halogens is 3. The van der Waals surface area contributed by atoms with E-state index in [0.717, 1.165) is 0 Å². The predicted octanol–water partition coefficient (Wildman–Crippen LogP) is 3.10. The van der Waals surface area contributed by atoms with Crippen LogP contribution in [-0.4, -0.2) is 54.5 Å². The third-order valence-corrected chi connectivity index (χ3v) is 4.26. The summed E-state index contributed by atoms with van der Waals surface area (Å²) >= 11 is 0. The highest BCUT2D eigenvalue weighted by molar-refractivity contribution is 5.77. The zero-order chi connectivity index (χ0) is 23.8. The molecule has 0 aliphatic carbocycles. The Morgan fingerprint density at radius 1 is 1.09 bits per heavy atom. The highest BCUT2D eigenvalue weighted by Crippen LogP contribution is 2.38. The minimum atomic E-state index is -4.76. The van der Waals surface area contributed by atoms with Crippen LogP contribution in [0.4, 0.5) is 18.0 Å². The van der Waals surface area contributed by atoms with Crippen molar-refractivity contribution in [2.75, 3.05) is 33.4 Å². The number of urea groups is 1. The molecule has 3 rings (SSSR count). The number of rotatable bonds is 9. The molecule has 176 valence electrons. The number of pyridine rings is 1. The Balaban J connectivity index is 1.74. The summed E-state index contributed by atoms with van der Waals surface area (Å²) in [6.45, 7) is 0.350. The first-order valence-corrected chi connectivity index (χ1v) is 9.76. The van der Waals surface area contributed by atoms with Crippen LogP contribution in [0.2, 0.25) is 0 Å². The lowest BCUT2D eigenvalue weighted by Crippen LogP contribution is -2.38. The highest BCUT2D eigenvalue weighted by atomic mass is 19.4. The van der Waals surface area contributed by atoms with Gasteiger partial charge in [-0.1, -0.05) is 0 Å². The van der Waals surface area contributed by atoms with Crippen molar-refractivity contribution >= 4 is 6.03 Å². The van der Waals surface area contributed by atoms with Crippen LogP contribution in [0.1, 0.15) is 5.89 Å². The number of amides is 2. The molecule has 2 aromatic heterocycles. The lowest BCUT2D eigenvalue weighted by molar-refractivity contribution is -0.156. The summed E-state index contributed by atoms with van der Waals surface area (Å²) in [5.41, 5.74) is 0.679. The maximum absolute atomic E-state index is 13.2. The fourth-order valence-corrected chi connectivity index (χ4v) is 2.74. The Morgan fingerprint density at radius 2 is 1.79 bits per heavy atom. The number of methoxy groups -OCH3 is 1. The fourth-order valence-electron chi connectivity index (χ4n) is 2.74. The summed E-state index contributed by atoms with van der Waals surface area (Å²) < 4.78 is 55.3. The van der Waals surface area contributed by atoms with Crippen LogP contribution in [0.25, 0.3) is 22.6 Å². The summed E-state index contributed by atoms with van der Waals surface area (Å²) in [6, 6.07) is 8.81. The first-order valence-electron chi connectivity index (χ1n) is 9.76. The highest BCUT2D eigenvalue weighted by Gasteiger charge is 2.39. The Labute approximate surface area is 186 Å². The largest absolute Gasteiger partial charge is 0.492 e. The lowest BCUT2D eigenvalue weighted by Gasteiger charge is -2.09. The van der Waals surface area contributed by atoms with Gasteiger partial charge in [0.2, 0.25) is 5.88 Å². The van der Waals surface area contributed by atoms with Gasteiger partial charge in [-0.3, -0.25) is 0 Å². The minimum absolute atomic E-state index is 0.00996. The number of ether oxygens (including phenoxy) is 2. The van der Waals surface area contributed by atoms with Crippen LogP contribution < -0.4 is 20.1 Å². The van der Waals surface area contributed by atoms with Crippen molar-refractivity contribution in [3.05, 3.63) is 48.5 Å². The number of nitrogens with zero attached hydrogens (tertiary/aromatic N) is 2. The fraction of sp³-hybridized carbons (Fsp3) is 0.286. The molecule has 0 fully saturated rings. The van der Waals surface area contributed by atoms with Gasteiger partial charge in [0, 0.05) is 29.9 Å². The number of aliphatic hydroxyl groups is 1. The number of nitrogens with one attached hydrogen (secondary N) is 2. The summed E-state index contributed by atoms with van der Waals surface area (Å²) in [6.07, 6.45) is -3.41. The SMILES string of the molecule is COc1ccc(-c2nc(C(F)(F)F)oc2-c2ccc(OCCNC(=O)NCCO)cc2)cn1. The molecule has 0 aliphatic rings. The van der Waals surface area contributed by atoms with Crippen LogP contribution >= 0.6 is 0 Å². The van der Waals surface area contributed by atoms with E-state index >= 15 is 0 Å². The van der Waals surface area contributed by atoms with Gasteiger partial charge in [-0.05, 0) is 30.3 Å². The molecule has 0 spiro atoms. The molecule has 2 heterocycles. The lowest BCUT2D eigenvalue weighted by atomic mass is 10.1. The topological polar surface area (TPSA) is 119 Å². The number of benzene rings is 1. The van der Waals surface area contributed by atoms with Crippen molar-refractivity contribution in [1.82, 2.24) is 20.6 Å². The van der Waals surface area contributed by atoms with Crippen LogP contribution in [0.5, 0.6) is 11.6 Å². The first kappa shape index (κ1) is 23.9. The normalized spacial score (nSPS) is 11.2. The van der Waals surface area contributed by atoms with E-state index in [9.17, 15) is 18.0 Å². The van der Waals surface area contributed by atoms with Crippen molar-refractivity contribution in [3.63, 3.8) is 0 Å². The van der Waals surface area contributed by atoms with Crippen LogP contribution in [-0.2, 0) is 6.18 Å². The zero-order valence-corrected chi connectivity index (χ0v) is 17.5. The maximum Gasteiger partial charge on any atom is 0.468 e. The van der Waals surface area contributed by atoms with Crippen LogP contribution in [0.3, 0.4) is 0 Å². The van der Waals surface area contributed by atoms with E-state index in [1.807, 2.05) is 0 Å². The summed E-state index contributed by atoms with van der Waals surface area (Å²) in [5.74, 6) is -0.682. The Kier molecular flexibility index (Phi) is 7.72. The second-order valence-corrected chi connectivity index (χ2v) is 6.56. The number of hydrogen-bond donors (Lipinski definition) is 3. The number of oxazole rings is 1. The van der Waals surface area contributed by atoms with E-state index in [1.54, 1.807) is 12.1 Å². The number of hydrogen-bond acceptors (Lipinski definition) is 7. The molecule has 12 heteroatoms. The van der Waals surface area contributed by atoms with Gasteiger partial charge in [0.1, 0.15) is 18.1 Å².